The number of carbonyl (C=O) groups excluding carboxylic acids is 1. The molecule has 4 fully saturated rings. The maximum atomic E-state index is 13.4. The molecule has 0 spiro atoms. The maximum Gasteiger partial charge on any atom is 0.254 e. The first-order valence-corrected chi connectivity index (χ1v) is 12.3. The van der Waals surface area contributed by atoms with E-state index in [0.717, 1.165) is 24.8 Å². The van der Waals surface area contributed by atoms with Gasteiger partial charge in [0.2, 0.25) is 10.0 Å². The van der Waals surface area contributed by atoms with Crippen molar-refractivity contribution in [2.24, 2.45) is 33.3 Å². The highest BCUT2D eigenvalue weighted by Crippen LogP contribution is 2.60. The van der Waals surface area contributed by atoms with Gasteiger partial charge in [0.05, 0.1) is 27.1 Å². The molecule has 4 bridgehead atoms. The van der Waals surface area contributed by atoms with Gasteiger partial charge in [-0.1, -0.05) is 17.3 Å². The number of benzene rings is 1. The Morgan fingerprint density at radius 2 is 1.86 bits per heavy atom. The summed E-state index contributed by atoms with van der Waals surface area (Å²) in [5.74, 6) is 4.58. The molecule has 2 aromatic rings. The second kappa shape index (κ2) is 6.53. The predicted molar refractivity (Wildman–Crippen MR) is 111 cm³/mol. The Labute approximate surface area is 173 Å². The van der Waals surface area contributed by atoms with Gasteiger partial charge < -0.3 is 4.57 Å². The van der Waals surface area contributed by atoms with Gasteiger partial charge in [-0.3, -0.25) is 4.79 Å². The quantitative estimate of drug-likeness (QED) is 0.760. The van der Waals surface area contributed by atoms with Crippen LogP contribution in [0.3, 0.4) is 0 Å². The van der Waals surface area contributed by atoms with E-state index in [1.54, 1.807) is 6.07 Å². The van der Waals surface area contributed by atoms with Gasteiger partial charge in [0.25, 0.3) is 5.91 Å². The zero-order valence-electron chi connectivity index (χ0n) is 16.0. The normalized spacial score (nSPS) is 31.3. The number of amides is 1. The molecule has 1 heterocycles. The van der Waals surface area contributed by atoms with Gasteiger partial charge >= 0.3 is 0 Å². The van der Waals surface area contributed by atoms with Crippen molar-refractivity contribution in [3.05, 3.63) is 23.0 Å². The Balaban J connectivity index is 1.60. The molecule has 4 aliphatic carbocycles. The molecule has 1 amide bonds. The zero-order chi connectivity index (χ0) is 20.4. The molecule has 6 nitrogen and oxygen atoms in total. The van der Waals surface area contributed by atoms with Crippen LogP contribution in [0.2, 0.25) is 0 Å². The number of rotatable bonds is 3. The third kappa shape index (κ3) is 3.16. The van der Waals surface area contributed by atoms with Crippen LogP contribution in [0.1, 0.15) is 38.5 Å². The summed E-state index contributed by atoms with van der Waals surface area (Å²) in [4.78, 5) is 18.5. The molecule has 4 saturated carbocycles. The van der Waals surface area contributed by atoms with E-state index in [2.05, 4.69) is 10.9 Å². The smallest absolute Gasteiger partial charge is 0.254 e. The molecular weight excluding hydrogens is 406 g/mol. The number of thiazole rings is 1. The van der Waals surface area contributed by atoms with E-state index in [4.69, 9.17) is 11.6 Å². The van der Waals surface area contributed by atoms with Crippen molar-refractivity contribution in [2.45, 2.75) is 50.0 Å². The van der Waals surface area contributed by atoms with E-state index in [1.165, 1.54) is 42.7 Å². The molecule has 8 heteroatoms. The van der Waals surface area contributed by atoms with Gasteiger partial charge in [-0.05, 0) is 74.5 Å². The third-order valence-corrected chi connectivity index (χ3v) is 8.87. The van der Waals surface area contributed by atoms with Crippen LogP contribution in [0, 0.1) is 35.5 Å². The Morgan fingerprint density at radius 3 is 2.41 bits per heavy atom. The second-order valence-electron chi connectivity index (χ2n) is 8.96. The fourth-order valence-corrected chi connectivity index (χ4v) is 7.82. The summed E-state index contributed by atoms with van der Waals surface area (Å²) in [6, 6.07) is 4.66. The molecule has 152 valence electrons. The molecule has 29 heavy (non-hydrogen) atoms. The van der Waals surface area contributed by atoms with Crippen LogP contribution in [-0.4, -0.2) is 18.9 Å². The average molecular weight is 430 g/mol. The number of sulfonamides is 1. The molecule has 0 radical (unpaired) electrons. The minimum Gasteiger partial charge on any atom is -0.305 e. The third-order valence-electron chi connectivity index (χ3n) is 6.92. The number of terminal acetylenes is 1. The lowest BCUT2D eigenvalue weighted by atomic mass is 9.49. The highest BCUT2D eigenvalue weighted by atomic mass is 32.2. The molecule has 1 aromatic carbocycles. The molecule has 1 aromatic heterocycles. The summed E-state index contributed by atoms with van der Waals surface area (Å²) in [7, 11) is -3.80. The number of nitrogens with two attached hydrogens (primary N) is 1. The lowest BCUT2D eigenvalue weighted by Gasteiger charge is -2.55. The Morgan fingerprint density at radius 1 is 1.24 bits per heavy atom. The number of primary sulfonamides is 1. The van der Waals surface area contributed by atoms with Crippen molar-refractivity contribution in [1.82, 2.24) is 4.57 Å². The summed E-state index contributed by atoms with van der Waals surface area (Å²) in [6.07, 6.45) is 12.2. The van der Waals surface area contributed by atoms with Crippen molar-refractivity contribution in [2.75, 3.05) is 0 Å². The van der Waals surface area contributed by atoms with Gasteiger partial charge in [0, 0.05) is 0 Å². The SMILES string of the molecule is C#CCn1c(=NC(=O)C23CC4CC(CC(C4)C2)C3)sc2cc(S(N)(=O)=O)ccc21. The topological polar surface area (TPSA) is 94.5 Å². The van der Waals surface area contributed by atoms with Crippen molar-refractivity contribution >= 4 is 37.5 Å². The minimum atomic E-state index is -3.80. The molecule has 0 unspecified atom stereocenters. The van der Waals surface area contributed by atoms with Gasteiger partial charge in [0.15, 0.2) is 4.80 Å². The number of aromatic nitrogens is 1. The summed E-state index contributed by atoms with van der Waals surface area (Å²) < 4.78 is 25.9. The lowest BCUT2D eigenvalue weighted by Crippen LogP contribution is -2.49. The van der Waals surface area contributed by atoms with Gasteiger partial charge in [-0.2, -0.15) is 4.99 Å². The molecule has 2 N–H and O–H groups in total. The monoisotopic (exact) mass is 429 g/mol. The van der Waals surface area contributed by atoms with Gasteiger partial charge in [-0.15, -0.1) is 6.42 Å². The van der Waals surface area contributed by atoms with Crippen LogP contribution in [0.4, 0.5) is 0 Å². The first-order valence-electron chi connectivity index (χ1n) is 9.96. The number of hydrogen-bond acceptors (Lipinski definition) is 4. The van der Waals surface area contributed by atoms with Crippen LogP contribution in [0.5, 0.6) is 0 Å². The lowest BCUT2D eigenvalue weighted by molar-refractivity contribution is -0.142. The summed E-state index contributed by atoms with van der Waals surface area (Å²) >= 11 is 1.29. The first-order chi connectivity index (χ1) is 13.8. The summed E-state index contributed by atoms with van der Waals surface area (Å²) in [5, 5.41) is 5.26. The largest absolute Gasteiger partial charge is 0.305 e. The predicted octanol–water partition coefficient (Wildman–Crippen LogP) is 2.63. The molecule has 6 rings (SSSR count). The Hall–Kier alpha value is -1.95. The van der Waals surface area contributed by atoms with Gasteiger partial charge in [-0.25, -0.2) is 13.6 Å². The standard InChI is InChI=1S/C21H23N3O3S2/c1-2-5-24-17-4-3-16(29(22,26)27)9-18(17)28-20(24)23-19(25)21-10-13-6-14(11-21)8-15(7-13)12-21/h1,3-4,9,13-15H,5-8,10-12H2,(H2,22,26,27). The summed E-state index contributed by atoms with van der Waals surface area (Å²) in [5.41, 5.74) is 0.447. The van der Waals surface area contributed by atoms with Crippen LogP contribution in [0.15, 0.2) is 28.1 Å². The van der Waals surface area contributed by atoms with E-state index >= 15 is 0 Å². The number of nitrogens with zero attached hydrogens (tertiary/aromatic N) is 2. The second-order valence-corrected chi connectivity index (χ2v) is 11.5. The van der Waals surface area contributed by atoms with Crippen molar-refractivity contribution in [1.29, 1.82) is 0 Å². The Kier molecular flexibility index (Phi) is 4.28. The van der Waals surface area contributed by atoms with E-state index in [-0.39, 0.29) is 22.8 Å². The highest BCUT2D eigenvalue weighted by Gasteiger charge is 2.54. The zero-order valence-corrected chi connectivity index (χ0v) is 17.6. The van der Waals surface area contributed by atoms with E-state index < -0.39 is 10.0 Å². The van der Waals surface area contributed by atoms with Crippen LogP contribution < -0.4 is 9.94 Å². The average Bonchev–Trinajstić information content (AvgIpc) is 2.97. The van der Waals surface area contributed by atoms with Crippen molar-refractivity contribution < 1.29 is 13.2 Å². The van der Waals surface area contributed by atoms with E-state index in [9.17, 15) is 13.2 Å². The fourth-order valence-electron chi connectivity index (χ4n) is 6.14. The van der Waals surface area contributed by atoms with Crippen LogP contribution in [0.25, 0.3) is 10.2 Å². The minimum absolute atomic E-state index is 0.0272. The molecular formula is C21H23N3O3S2. The Bertz CT molecular complexity index is 1190. The highest BCUT2D eigenvalue weighted by molar-refractivity contribution is 7.89. The van der Waals surface area contributed by atoms with Crippen molar-refractivity contribution in [3.63, 3.8) is 0 Å². The van der Waals surface area contributed by atoms with Crippen molar-refractivity contribution in [3.8, 4) is 12.3 Å². The molecule has 0 atom stereocenters. The van der Waals surface area contributed by atoms with Crippen LogP contribution in [-0.2, 0) is 21.4 Å². The van der Waals surface area contributed by atoms with Crippen LogP contribution >= 0.6 is 11.3 Å². The number of fused-ring (bicyclic) bond motifs is 1. The van der Waals surface area contributed by atoms with E-state index in [0.29, 0.717) is 27.3 Å². The summed E-state index contributed by atoms with van der Waals surface area (Å²) in [6.45, 7) is 0.266. The van der Waals surface area contributed by atoms with Gasteiger partial charge in [0.1, 0.15) is 0 Å². The fraction of sp³-hybridized carbons (Fsp3) is 0.524. The van der Waals surface area contributed by atoms with E-state index in [1.807, 2.05) is 4.57 Å². The maximum absolute atomic E-state index is 13.4. The molecule has 4 aliphatic rings. The molecule has 0 aliphatic heterocycles. The number of hydrogen-bond donors (Lipinski definition) is 1. The molecule has 0 saturated heterocycles. The first kappa shape index (κ1) is 19.0. The number of carbonyl (C=O) groups is 1.